The van der Waals surface area contributed by atoms with Crippen molar-refractivity contribution in [2.24, 2.45) is 11.7 Å². The van der Waals surface area contributed by atoms with Gasteiger partial charge in [-0.15, -0.1) is 0 Å². The average molecular weight is 293 g/mol. The van der Waals surface area contributed by atoms with E-state index in [1.807, 2.05) is 13.8 Å². The highest BCUT2D eigenvalue weighted by molar-refractivity contribution is 5.11. The molecule has 0 saturated heterocycles. The molecule has 118 valence electrons. The molecule has 0 spiro atoms. The highest BCUT2D eigenvalue weighted by Gasteiger charge is 2.46. The van der Waals surface area contributed by atoms with Crippen molar-refractivity contribution in [2.45, 2.75) is 76.4 Å². The molecule has 5 heteroatoms. The molecule has 3 rings (SSSR count). The van der Waals surface area contributed by atoms with Crippen LogP contribution in [0.5, 0.6) is 0 Å². The molecule has 5 nitrogen and oxygen atoms in total. The summed E-state index contributed by atoms with van der Waals surface area (Å²) in [5.41, 5.74) is 5.53. The minimum atomic E-state index is -0.497. The number of aromatic nitrogens is 2. The zero-order chi connectivity index (χ0) is 14.9. The number of hydrogen-bond donors (Lipinski definition) is 1. The van der Waals surface area contributed by atoms with E-state index in [-0.39, 0.29) is 5.60 Å². The fourth-order valence-corrected chi connectivity index (χ4v) is 3.49. The van der Waals surface area contributed by atoms with Gasteiger partial charge in [0.15, 0.2) is 0 Å². The van der Waals surface area contributed by atoms with Gasteiger partial charge in [-0.3, -0.25) is 0 Å². The van der Waals surface area contributed by atoms with Crippen LogP contribution in [0.25, 0.3) is 0 Å². The summed E-state index contributed by atoms with van der Waals surface area (Å²) in [6.07, 6.45) is 9.10. The van der Waals surface area contributed by atoms with Crippen LogP contribution < -0.4 is 5.73 Å². The van der Waals surface area contributed by atoms with Gasteiger partial charge < -0.3 is 15.0 Å². The van der Waals surface area contributed by atoms with E-state index in [9.17, 15) is 0 Å². The Hall–Kier alpha value is -0.940. The Morgan fingerprint density at radius 2 is 1.95 bits per heavy atom. The number of nitrogens with two attached hydrogens (primary N) is 1. The Bertz CT molecular complexity index is 472. The summed E-state index contributed by atoms with van der Waals surface area (Å²) in [5.74, 6) is 1.75. The Balaban J connectivity index is 1.87. The first-order valence-electron chi connectivity index (χ1n) is 8.36. The summed E-state index contributed by atoms with van der Waals surface area (Å²) in [5, 5.41) is 4.26. The van der Waals surface area contributed by atoms with Gasteiger partial charge in [-0.2, -0.15) is 4.98 Å². The van der Waals surface area contributed by atoms with Gasteiger partial charge in [-0.25, -0.2) is 0 Å². The summed E-state index contributed by atoms with van der Waals surface area (Å²) in [6.45, 7) is 4.71. The topological polar surface area (TPSA) is 74.2 Å². The largest absolute Gasteiger partial charge is 0.367 e. The second kappa shape index (κ2) is 5.69. The molecule has 0 radical (unpaired) electrons. The number of hydrogen-bond acceptors (Lipinski definition) is 5. The van der Waals surface area contributed by atoms with Crippen LogP contribution in [0.15, 0.2) is 4.52 Å². The lowest BCUT2D eigenvalue weighted by Crippen LogP contribution is -2.36. The zero-order valence-corrected chi connectivity index (χ0v) is 13.2. The molecule has 0 aliphatic heterocycles. The predicted molar refractivity (Wildman–Crippen MR) is 79.6 cm³/mol. The molecule has 2 fully saturated rings. The lowest BCUT2D eigenvalue weighted by molar-refractivity contribution is -0.0636. The van der Waals surface area contributed by atoms with Gasteiger partial charge in [0.05, 0.1) is 5.54 Å². The second-order valence-corrected chi connectivity index (χ2v) is 6.82. The van der Waals surface area contributed by atoms with Crippen LogP contribution in [-0.4, -0.2) is 16.7 Å². The molecule has 2 saturated carbocycles. The molecule has 1 heterocycles. The monoisotopic (exact) mass is 293 g/mol. The standard InChI is InChI=1S/C16H27N3O2/c1-3-20-16(10-6-4-5-7-11-16)13-18-14(21-19-13)15(2,17)12-8-9-12/h12H,3-11,17H2,1-2H3. The van der Waals surface area contributed by atoms with Crippen LogP contribution >= 0.6 is 0 Å². The first-order chi connectivity index (χ1) is 10.1. The number of rotatable bonds is 5. The van der Waals surface area contributed by atoms with Gasteiger partial charge in [-0.05, 0) is 45.4 Å². The second-order valence-electron chi connectivity index (χ2n) is 6.82. The van der Waals surface area contributed by atoms with Crippen LogP contribution in [0.4, 0.5) is 0 Å². The van der Waals surface area contributed by atoms with Crippen molar-refractivity contribution in [3.8, 4) is 0 Å². The highest BCUT2D eigenvalue weighted by atomic mass is 16.5. The van der Waals surface area contributed by atoms with Gasteiger partial charge in [0, 0.05) is 6.61 Å². The van der Waals surface area contributed by atoms with E-state index in [4.69, 9.17) is 15.0 Å². The average Bonchev–Trinajstić information content (AvgIpc) is 3.23. The predicted octanol–water partition coefficient (Wildman–Crippen LogP) is 3.24. The maximum atomic E-state index is 6.40. The summed E-state index contributed by atoms with van der Waals surface area (Å²) < 4.78 is 11.6. The quantitative estimate of drug-likeness (QED) is 0.844. The third-order valence-electron chi connectivity index (χ3n) is 5.05. The molecule has 2 aliphatic carbocycles. The molecule has 2 aliphatic rings. The number of nitrogens with zero attached hydrogens (tertiary/aromatic N) is 2. The third kappa shape index (κ3) is 2.86. The third-order valence-corrected chi connectivity index (χ3v) is 5.05. The fourth-order valence-electron chi connectivity index (χ4n) is 3.49. The van der Waals surface area contributed by atoms with Crippen LogP contribution in [-0.2, 0) is 15.9 Å². The molecule has 1 aromatic rings. The van der Waals surface area contributed by atoms with Crippen molar-refractivity contribution in [3.63, 3.8) is 0 Å². The van der Waals surface area contributed by atoms with Gasteiger partial charge in [0.25, 0.3) is 0 Å². The molecule has 0 amide bonds. The van der Waals surface area contributed by atoms with Crippen molar-refractivity contribution in [3.05, 3.63) is 11.7 Å². The Morgan fingerprint density at radius 1 is 1.29 bits per heavy atom. The summed E-state index contributed by atoms with van der Waals surface area (Å²) in [4.78, 5) is 4.67. The van der Waals surface area contributed by atoms with E-state index >= 15 is 0 Å². The van der Waals surface area contributed by atoms with Gasteiger partial charge in [0.2, 0.25) is 11.7 Å². The van der Waals surface area contributed by atoms with E-state index in [2.05, 4.69) is 10.1 Å². The van der Waals surface area contributed by atoms with Crippen molar-refractivity contribution < 1.29 is 9.26 Å². The smallest absolute Gasteiger partial charge is 0.246 e. The minimum Gasteiger partial charge on any atom is -0.367 e. The SMILES string of the molecule is CCOC1(c2noc(C(C)(N)C3CC3)n2)CCCCCC1. The molecule has 2 N–H and O–H groups in total. The molecule has 0 aromatic carbocycles. The van der Waals surface area contributed by atoms with Crippen molar-refractivity contribution in [1.29, 1.82) is 0 Å². The van der Waals surface area contributed by atoms with E-state index in [0.29, 0.717) is 24.2 Å². The zero-order valence-electron chi connectivity index (χ0n) is 13.2. The Morgan fingerprint density at radius 3 is 2.52 bits per heavy atom. The maximum absolute atomic E-state index is 6.40. The molecule has 1 aromatic heterocycles. The molecular weight excluding hydrogens is 266 g/mol. The van der Waals surface area contributed by atoms with Gasteiger partial charge >= 0.3 is 0 Å². The summed E-state index contributed by atoms with van der Waals surface area (Å²) >= 11 is 0. The fraction of sp³-hybridized carbons (Fsp3) is 0.875. The van der Waals surface area contributed by atoms with Gasteiger partial charge in [-0.1, -0.05) is 30.8 Å². The van der Waals surface area contributed by atoms with Crippen LogP contribution in [0.2, 0.25) is 0 Å². The van der Waals surface area contributed by atoms with E-state index in [1.54, 1.807) is 0 Å². The lowest BCUT2D eigenvalue weighted by atomic mass is 9.92. The maximum Gasteiger partial charge on any atom is 0.246 e. The van der Waals surface area contributed by atoms with Gasteiger partial charge in [0.1, 0.15) is 5.60 Å². The molecule has 1 unspecified atom stereocenters. The summed E-state index contributed by atoms with van der Waals surface area (Å²) in [6, 6.07) is 0. The van der Waals surface area contributed by atoms with Crippen LogP contribution in [0, 0.1) is 5.92 Å². The minimum absolute atomic E-state index is 0.368. The first-order valence-corrected chi connectivity index (χ1v) is 8.36. The Kier molecular flexibility index (Phi) is 4.06. The van der Waals surface area contributed by atoms with Crippen molar-refractivity contribution in [2.75, 3.05) is 6.61 Å². The van der Waals surface area contributed by atoms with Crippen molar-refractivity contribution in [1.82, 2.24) is 10.1 Å². The van der Waals surface area contributed by atoms with E-state index in [1.165, 1.54) is 12.8 Å². The molecule has 0 bridgehead atoms. The molecule has 1 atom stereocenters. The molecule has 21 heavy (non-hydrogen) atoms. The van der Waals surface area contributed by atoms with Crippen LogP contribution in [0.1, 0.15) is 76.9 Å². The highest BCUT2D eigenvalue weighted by Crippen LogP contribution is 2.44. The van der Waals surface area contributed by atoms with Crippen LogP contribution in [0.3, 0.4) is 0 Å². The summed E-state index contributed by atoms with van der Waals surface area (Å²) in [7, 11) is 0. The normalized spacial score (nSPS) is 25.3. The Labute approximate surface area is 126 Å². The first kappa shape index (κ1) is 15.0. The van der Waals surface area contributed by atoms with E-state index in [0.717, 1.165) is 38.5 Å². The molecular formula is C16H27N3O2. The number of ether oxygens (including phenoxy) is 1. The lowest BCUT2D eigenvalue weighted by Gasteiger charge is -2.29. The van der Waals surface area contributed by atoms with E-state index < -0.39 is 5.54 Å². The van der Waals surface area contributed by atoms with Crippen molar-refractivity contribution >= 4 is 0 Å².